The summed E-state index contributed by atoms with van der Waals surface area (Å²) in [6, 6.07) is 0.266. The molecule has 0 radical (unpaired) electrons. The van der Waals surface area contributed by atoms with Gasteiger partial charge in [0.1, 0.15) is 0 Å². The number of anilines is 3. The molecular formula is C13H23N7O. The van der Waals surface area contributed by atoms with Crippen molar-refractivity contribution in [2.24, 2.45) is 11.7 Å². The number of nitrogens with one attached hydrogen (secondary N) is 1. The smallest absolute Gasteiger partial charge is 0.232 e. The van der Waals surface area contributed by atoms with Crippen LogP contribution in [-0.2, 0) is 4.79 Å². The predicted molar refractivity (Wildman–Crippen MR) is 82.4 cm³/mol. The number of rotatable bonds is 4. The van der Waals surface area contributed by atoms with Gasteiger partial charge in [-0.2, -0.15) is 15.0 Å². The van der Waals surface area contributed by atoms with Crippen LogP contribution in [0, 0.1) is 5.92 Å². The largest absolute Gasteiger partial charge is 0.369 e. The van der Waals surface area contributed by atoms with Gasteiger partial charge in [0.2, 0.25) is 23.8 Å². The number of nitrogens with two attached hydrogens (primary N) is 1. The molecule has 0 spiro atoms. The average molecular weight is 293 g/mol. The summed E-state index contributed by atoms with van der Waals surface area (Å²) in [5.74, 6) is 1.26. The second-order valence-electron chi connectivity index (χ2n) is 5.58. The Labute approximate surface area is 124 Å². The molecule has 2 unspecified atom stereocenters. The summed E-state index contributed by atoms with van der Waals surface area (Å²) in [4.78, 5) is 28.5. The monoisotopic (exact) mass is 293 g/mol. The normalized spacial score (nSPS) is 22.0. The van der Waals surface area contributed by atoms with Gasteiger partial charge in [-0.25, -0.2) is 0 Å². The summed E-state index contributed by atoms with van der Waals surface area (Å²) in [6.07, 6.45) is 1.71. The van der Waals surface area contributed by atoms with Crippen molar-refractivity contribution in [1.29, 1.82) is 0 Å². The van der Waals surface area contributed by atoms with Gasteiger partial charge in [-0.1, -0.05) is 0 Å². The molecule has 2 atom stereocenters. The fraction of sp³-hybridized carbons (Fsp3) is 0.692. The highest BCUT2D eigenvalue weighted by molar-refractivity contribution is 5.77. The molecule has 2 rings (SSSR count). The zero-order valence-electron chi connectivity index (χ0n) is 13.0. The predicted octanol–water partition coefficient (Wildman–Crippen LogP) is 0.0695. The zero-order valence-corrected chi connectivity index (χ0v) is 13.0. The molecule has 1 aliphatic rings. The molecule has 2 heterocycles. The van der Waals surface area contributed by atoms with Crippen LogP contribution in [-0.4, -0.2) is 54.6 Å². The molecule has 1 aliphatic heterocycles. The molecular weight excluding hydrogens is 270 g/mol. The van der Waals surface area contributed by atoms with E-state index in [9.17, 15) is 4.79 Å². The summed E-state index contributed by atoms with van der Waals surface area (Å²) in [5.41, 5.74) is 5.45. The molecule has 1 saturated heterocycles. The number of nitrogens with zero attached hydrogens (tertiary/aromatic N) is 5. The fourth-order valence-corrected chi connectivity index (χ4v) is 2.41. The van der Waals surface area contributed by atoms with E-state index >= 15 is 0 Å². The summed E-state index contributed by atoms with van der Waals surface area (Å²) in [6.45, 7) is 2.66. The Morgan fingerprint density at radius 2 is 2.05 bits per heavy atom. The minimum Gasteiger partial charge on any atom is -0.369 e. The lowest BCUT2D eigenvalue weighted by molar-refractivity contribution is -0.122. The van der Waals surface area contributed by atoms with Gasteiger partial charge in [0.25, 0.3) is 0 Å². The fourth-order valence-electron chi connectivity index (χ4n) is 2.41. The minimum atomic E-state index is -0.261. The molecule has 0 saturated carbocycles. The minimum absolute atomic E-state index is 0.154. The van der Waals surface area contributed by atoms with Crippen molar-refractivity contribution >= 4 is 23.8 Å². The van der Waals surface area contributed by atoms with Gasteiger partial charge in [-0.05, 0) is 19.8 Å². The van der Waals surface area contributed by atoms with Crippen LogP contribution in [0.3, 0.4) is 0 Å². The molecule has 1 amide bonds. The lowest BCUT2D eigenvalue weighted by atomic mass is 9.93. The van der Waals surface area contributed by atoms with Crippen molar-refractivity contribution in [2.45, 2.75) is 25.8 Å². The van der Waals surface area contributed by atoms with Gasteiger partial charge in [-0.3, -0.25) is 4.79 Å². The molecule has 0 aromatic carbocycles. The van der Waals surface area contributed by atoms with E-state index in [1.165, 1.54) is 0 Å². The van der Waals surface area contributed by atoms with Crippen molar-refractivity contribution in [3.8, 4) is 0 Å². The van der Waals surface area contributed by atoms with E-state index in [2.05, 4.69) is 27.2 Å². The number of carbonyl (C=O) groups is 1. The molecule has 21 heavy (non-hydrogen) atoms. The number of primary amides is 1. The number of piperidine rings is 1. The van der Waals surface area contributed by atoms with E-state index in [-0.39, 0.29) is 17.9 Å². The van der Waals surface area contributed by atoms with Crippen molar-refractivity contribution < 1.29 is 4.79 Å². The highest BCUT2D eigenvalue weighted by Crippen LogP contribution is 2.26. The molecule has 116 valence electrons. The lowest BCUT2D eigenvalue weighted by Gasteiger charge is -2.37. The zero-order chi connectivity index (χ0) is 15.6. The quantitative estimate of drug-likeness (QED) is 0.810. The van der Waals surface area contributed by atoms with Gasteiger partial charge in [-0.15, -0.1) is 0 Å². The van der Waals surface area contributed by atoms with Crippen LogP contribution in [0.1, 0.15) is 19.8 Å². The van der Waals surface area contributed by atoms with Gasteiger partial charge < -0.3 is 20.9 Å². The highest BCUT2D eigenvalue weighted by atomic mass is 16.1. The maximum Gasteiger partial charge on any atom is 0.232 e. The van der Waals surface area contributed by atoms with Gasteiger partial charge >= 0.3 is 0 Å². The highest BCUT2D eigenvalue weighted by Gasteiger charge is 2.30. The van der Waals surface area contributed by atoms with Crippen LogP contribution in [0.15, 0.2) is 0 Å². The number of amides is 1. The SMILES string of the molecule is CNc1nc(N(C)C)nc(N2CC(C(N)=O)CCC2C)n1. The standard InChI is InChI=1S/C13H23N7O/c1-8-5-6-9(10(14)21)7-20(8)13-17-11(15-2)16-12(18-13)19(3)4/h8-9H,5-7H2,1-4H3,(H2,14,21)(H,15,16,17,18). The van der Waals surface area contributed by atoms with Crippen LogP contribution in [0.4, 0.5) is 17.8 Å². The second-order valence-corrected chi connectivity index (χ2v) is 5.58. The van der Waals surface area contributed by atoms with Crippen LogP contribution in [0.5, 0.6) is 0 Å². The molecule has 1 fully saturated rings. The van der Waals surface area contributed by atoms with Crippen molar-refractivity contribution in [3.63, 3.8) is 0 Å². The number of hydrogen-bond donors (Lipinski definition) is 2. The van der Waals surface area contributed by atoms with Crippen LogP contribution in [0.25, 0.3) is 0 Å². The van der Waals surface area contributed by atoms with E-state index in [1.54, 1.807) is 7.05 Å². The summed E-state index contributed by atoms with van der Waals surface area (Å²) in [7, 11) is 5.53. The van der Waals surface area contributed by atoms with Crippen molar-refractivity contribution in [1.82, 2.24) is 15.0 Å². The second kappa shape index (κ2) is 6.11. The Kier molecular flexibility index (Phi) is 4.44. The topological polar surface area (TPSA) is 100 Å². The van der Waals surface area contributed by atoms with Crippen LogP contribution < -0.4 is 20.9 Å². The number of carbonyl (C=O) groups excluding carboxylic acids is 1. The Bertz CT molecular complexity index is 519. The number of aromatic nitrogens is 3. The Morgan fingerprint density at radius 3 is 2.62 bits per heavy atom. The molecule has 1 aromatic heterocycles. The first-order valence-electron chi connectivity index (χ1n) is 7.09. The average Bonchev–Trinajstić information content (AvgIpc) is 2.46. The van der Waals surface area contributed by atoms with E-state index < -0.39 is 0 Å². The Morgan fingerprint density at radius 1 is 1.33 bits per heavy atom. The molecule has 8 heteroatoms. The number of hydrogen-bond acceptors (Lipinski definition) is 7. The molecule has 0 aliphatic carbocycles. The molecule has 0 bridgehead atoms. The van der Waals surface area contributed by atoms with Crippen molar-refractivity contribution in [2.75, 3.05) is 42.8 Å². The Balaban J connectivity index is 2.34. The van der Waals surface area contributed by atoms with Gasteiger partial charge in [0, 0.05) is 33.7 Å². The molecule has 3 N–H and O–H groups in total. The van der Waals surface area contributed by atoms with E-state index in [1.807, 2.05) is 23.9 Å². The molecule has 8 nitrogen and oxygen atoms in total. The maximum atomic E-state index is 11.5. The first-order chi connectivity index (χ1) is 9.92. The third-order valence-electron chi connectivity index (χ3n) is 3.78. The van der Waals surface area contributed by atoms with Crippen molar-refractivity contribution in [3.05, 3.63) is 0 Å². The first kappa shape index (κ1) is 15.3. The summed E-state index contributed by atoms with van der Waals surface area (Å²) >= 11 is 0. The van der Waals surface area contributed by atoms with Crippen LogP contribution >= 0.6 is 0 Å². The first-order valence-corrected chi connectivity index (χ1v) is 7.09. The summed E-state index contributed by atoms with van der Waals surface area (Å²) in [5, 5.41) is 2.94. The molecule has 1 aromatic rings. The third-order valence-corrected chi connectivity index (χ3v) is 3.78. The maximum absolute atomic E-state index is 11.5. The van der Waals surface area contributed by atoms with Gasteiger partial charge in [0.15, 0.2) is 0 Å². The van der Waals surface area contributed by atoms with Crippen LogP contribution in [0.2, 0.25) is 0 Å². The van der Waals surface area contributed by atoms with Gasteiger partial charge in [0.05, 0.1) is 5.92 Å². The summed E-state index contributed by atoms with van der Waals surface area (Å²) < 4.78 is 0. The van der Waals surface area contributed by atoms with E-state index in [0.29, 0.717) is 24.4 Å². The van der Waals surface area contributed by atoms with E-state index in [0.717, 1.165) is 12.8 Å². The van der Waals surface area contributed by atoms with E-state index in [4.69, 9.17) is 5.73 Å². The third kappa shape index (κ3) is 3.32. The lowest BCUT2D eigenvalue weighted by Crippen LogP contribution is -2.46. The Hall–Kier alpha value is -2.12.